The third kappa shape index (κ3) is 8.49. The van der Waals surface area contributed by atoms with Crippen LogP contribution in [0.1, 0.15) is 13.8 Å². The van der Waals surface area contributed by atoms with Gasteiger partial charge < -0.3 is 9.47 Å². The third-order valence-corrected chi connectivity index (χ3v) is 1.13. The molecule has 0 aromatic rings. The van der Waals surface area contributed by atoms with Gasteiger partial charge in [-0.25, -0.2) is 0 Å². The first-order valence-electron chi connectivity index (χ1n) is 3.61. The predicted molar refractivity (Wildman–Crippen MR) is 40.2 cm³/mol. The molecule has 0 bridgehead atoms. The van der Waals surface area contributed by atoms with Gasteiger partial charge in [-0.05, 0) is 0 Å². The number of halogens is 6. The number of alkyl halides is 6. The summed E-state index contributed by atoms with van der Waals surface area (Å²) in [5, 5.41) is 0. The van der Waals surface area contributed by atoms with E-state index in [0.717, 1.165) is 7.11 Å². The van der Waals surface area contributed by atoms with Gasteiger partial charge in [-0.15, -0.1) is 0 Å². The molecule has 0 aromatic heterocycles. The van der Waals surface area contributed by atoms with Crippen LogP contribution >= 0.6 is 0 Å². The van der Waals surface area contributed by atoms with Gasteiger partial charge in [-0.1, -0.05) is 0 Å². The summed E-state index contributed by atoms with van der Waals surface area (Å²) < 4.78 is 75.9. The van der Waals surface area contributed by atoms with Crippen LogP contribution < -0.4 is 0 Å². The molecule has 0 aliphatic heterocycles. The molecule has 0 N–H and O–H groups in total. The number of hydrogen-bond acceptors (Lipinski definition) is 2. The lowest BCUT2D eigenvalue weighted by Crippen LogP contribution is -2.39. The number of rotatable bonds is 3. The second kappa shape index (κ2) is 5.55. The van der Waals surface area contributed by atoms with Crippen LogP contribution in [0.5, 0.6) is 0 Å². The Morgan fingerprint density at radius 2 is 1.00 bits per heavy atom. The van der Waals surface area contributed by atoms with E-state index in [4.69, 9.17) is 0 Å². The van der Waals surface area contributed by atoms with Gasteiger partial charge in [0.05, 0.1) is 0 Å². The highest BCUT2D eigenvalue weighted by atomic mass is 19.3. The molecule has 0 unspecified atom stereocenters. The Labute approximate surface area is 83.2 Å². The van der Waals surface area contributed by atoms with Gasteiger partial charge in [0.1, 0.15) is 0 Å². The Kier molecular flexibility index (Phi) is 6.25. The molecule has 94 valence electrons. The summed E-state index contributed by atoms with van der Waals surface area (Å²) in [6, 6.07) is 0. The third-order valence-electron chi connectivity index (χ3n) is 1.13. The summed E-state index contributed by atoms with van der Waals surface area (Å²) in [6.45, 7) is 0.781. The number of hydrogen-bond donors (Lipinski definition) is 0. The fraction of sp³-hybridized carbons (Fsp3) is 1.00. The SMILES string of the molecule is COC(C)(F)F.COC(F)(F)C(C)(F)F. The van der Waals surface area contributed by atoms with Crippen LogP contribution in [-0.2, 0) is 9.47 Å². The molecule has 0 radical (unpaired) electrons. The average molecular weight is 242 g/mol. The standard InChI is InChI=1S/C4H6F4O.C3H6F2O/c1-3(5,6)4(7,8)9-2;1-3(4,5)6-2/h1-2H3;1-2H3. The van der Waals surface area contributed by atoms with Crippen molar-refractivity contribution in [3.05, 3.63) is 0 Å². The van der Waals surface area contributed by atoms with Crippen LogP contribution in [-0.4, -0.2) is 32.4 Å². The van der Waals surface area contributed by atoms with Crippen LogP contribution in [0.15, 0.2) is 0 Å². The maximum atomic E-state index is 11.7. The van der Waals surface area contributed by atoms with Gasteiger partial charge in [-0.3, -0.25) is 0 Å². The van der Waals surface area contributed by atoms with Crippen LogP contribution in [0.3, 0.4) is 0 Å². The Bertz CT molecular complexity index is 171. The van der Waals surface area contributed by atoms with Crippen molar-refractivity contribution >= 4 is 0 Å². The molecular formula is C7H12F6O2. The minimum Gasteiger partial charge on any atom is -0.324 e. The molecule has 0 atom stereocenters. The molecule has 0 heterocycles. The van der Waals surface area contributed by atoms with E-state index in [-0.39, 0.29) is 6.92 Å². The Hall–Kier alpha value is -0.500. The number of methoxy groups -OCH3 is 2. The average Bonchev–Trinajstić information content (AvgIpc) is 2.02. The van der Waals surface area contributed by atoms with Crippen molar-refractivity contribution in [2.24, 2.45) is 0 Å². The van der Waals surface area contributed by atoms with Gasteiger partial charge in [-0.2, -0.15) is 26.3 Å². The van der Waals surface area contributed by atoms with E-state index < -0.39 is 18.1 Å². The monoisotopic (exact) mass is 242 g/mol. The molecule has 0 aromatic carbocycles. The maximum absolute atomic E-state index is 11.7. The van der Waals surface area contributed by atoms with Crippen molar-refractivity contribution in [1.29, 1.82) is 0 Å². The van der Waals surface area contributed by atoms with Crippen molar-refractivity contribution in [2.75, 3.05) is 14.2 Å². The highest BCUT2D eigenvalue weighted by Crippen LogP contribution is 2.33. The molecule has 15 heavy (non-hydrogen) atoms. The van der Waals surface area contributed by atoms with Crippen LogP contribution in [0.25, 0.3) is 0 Å². The first-order valence-corrected chi connectivity index (χ1v) is 3.61. The van der Waals surface area contributed by atoms with E-state index in [1.54, 1.807) is 0 Å². The summed E-state index contributed by atoms with van der Waals surface area (Å²) in [4.78, 5) is 0. The first kappa shape index (κ1) is 16.9. The molecule has 0 saturated heterocycles. The van der Waals surface area contributed by atoms with Crippen molar-refractivity contribution in [3.8, 4) is 0 Å². The summed E-state index contributed by atoms with van der Waals surface area (Å²) >= 11 is 0. The second-order valence-corrected chi connectivity index (χ2v) is 2.62. The zero-order valence-corrected chi connectivity index (χ0v) is 8.58. The molecule has 0 rings (SSSR count). The lowest BCUT2D eigenvalue weighted by molar-refractivity contribution is -0.330. The van der Waals surface area contributed by atoms with E-state index in [9.17, 15) is 26.3 Å². The van der Waals surface area contributed by atoms with E-state index >= 15 is 0 Å². The fourth-order valence-electron chi connectivity index (χ4n) is 0.179. The minimum absolute atomic E-state index is 0.0938. The van der Waals surface area contributed by atoms with Gasteiger partial charge in [0.2, 0.25) is 0 Å². The highest BCUT2D eigenvalue weighted by molar-refractivity contribution is 4.69. The second-order valence-electron chi connectivity index (χ2n) is 2.62. The van der Waals surface area contributed by atoms with Crippen LogP contribution in [0, 0.1) is 0 Å². The molecule has 0 fully saturated rings. The molecule has 0 saturated carbocycles. The summed E-state index contributed by atoms with van der Waals surface area (Å²) in [7, 11) is 1.48. The number of ether oxygens (including phenoxy) is 2. The summed E-state index contributed by atoms with van der Waals surface area (Å²) in [5.41, 5.74) is 0. The molecule has 8 heteroatoms. The molecule has 0 aliphatic carbocycles. The van der Waals surface area contributed by atoms with Gasteiger partial charge in [0.25, 0.3) is 0 Å². The Balaban J connectivity index is 0. The van der Waals surface area contributed by atoms with Crippen LogP contribution in [0.4, 0.5) is 26.3 Å². The van der Waals surface area contributed by atoms with E-state index in [2.05, 4.69) is 9.47 Å². The van der Waals surface area contributed by atoms with Crippen molar-refractivity contribution < 1.29 is 35.8 Å². The first-order chi connectivity index (χ1) is 6.37. The normalized spacial score (nSPS) is 13.2. The summed E-state index contributed by atoms with van der Waals surface area (Å²) in [6.07, 6.45) is -7.31. The lowest BCUT2D eigenvalue weighted by atomic mass is 10.4. The van der Waals surface area contributed by atoms with Crippen LogP contribution in [0.2, 0.25) is 0 Å². The Morgan fingerprint density at radius 1 is 0.733 bits per heavy atom. The molecule has 0 amide bonds. The quantitative estimate of drug-likeness (QED) is 0.708. The van der Waals surface area contributed by atoms with E-state index in [1.807, 2.05) is 0 Å². The predicted octanol–water partition coefficient (Wildman–Crippen LogP) is 3.13. The largest absolute Gasteiger partial charge is 0.418 e. The highest BCUT2D eigenvalue weighted by Gasteiger charge is 2.52. The minimum atomic E-state index is -4.35. The lowest BCUT2D eigenvalue weighted by Gasteiger charge is -2.20. The molecule has 0 aliphatic rings. The molecular weight excluding hydrogens is 230 g/mol. The smallest absolute Gasteiger partial charge is 0.324 e. The topological polar surface area (TPSA) is 18.5 Å². The summed E-state index contributed by atoms with van der Waals surface area (Å²) in [5.74, 6) is -4.11. The molecule has 0 spiro atoms. The maximum Gasteiger partial charge on any atom is 0.418 e. The Morgan fingerprint density at radius 3 is 1.00 bits per heavy atom. The van der Waals surface area contributed by atoms with E-state index in [0.29, 0.717) is 14.0 Å². The zero-order chi connectivity index (χ0) is 12.9. The van der Waals surface area contributed by atoms with Gasteiger partial charge in [0.15, 0.2) is 0 Å². The van der Waals surface area contributed by atoms with E-state index in [1.165, 1.54) is 0 Å². The van der Waals surface area contributed by atoms with Gasteiger partial charge in [0, 0.05) is 28.1 Å². The fourth-order valence-corrected chi connectivity index (χ4v) is 0.179. The van der Waals surface area contributed by atoms with Crippen molar-refractivity contribution in [3.63, 3.8) is 0 Å². The zero-order valence-electron chi connectivity index (χ0n) is 8.58. The van der Waals surface area contributed by atoms with Crippen molar-refractivity contribution in [1.82, 2.24) is 0 Å². The van der Waals surface area contributed by atoms with Gasteiger partial charge >= 0.3 is 18.1 Å². The molecule has 2 nitrogen and oxygen atoms in total. The van der Waals surface area contributed by atoms with Crippen molar-refractivity contribution in [2.45, 2.75) is 32.0 Å².